The fourth-order valence-corrected chi connectivity index (χ4v) is 1.25. The molecule has 6 heteroatoms. The number of nitrogens with zero attached hydrogens (tertiary/aromatic N) is 3. The smallest absolute Gasteiger partial charge is 0.358 e. The number of carbonyl (C=O) groups is 1. The number of carboxylic acids is 1. The minimum Gasteiger partial charge on any atom is -0.476 e. The Labute approximate surface area is 81.2 Å². The zero-order chi connectivity index (χ0) is 10.6. The molecule has 0 radical (unpaired) electrons. The molecule has 0 unspecified atom stereocenters. The maximum Gasteiger partial charge on any atom is 0.358 e. The van der Waals surface area contributed by atoms with Gasteiger partial charge in [-0.15, -0.1) is 5.10 Å². The molecule has 78 valence electrons. The van der Waals surface area contributed by atoms with Crippen molar-refractivity contribution in [1.82, 2.24) is 15.0 Å². The van der Waals surface area contributed by atoms with Gasteiger partial charge in [-0.2, -0.15) is 0 Å². The second-order valence-electron chi connectivity index (χ2n) is 2.84. The first-order valence-electron chi connectivity index (χ1n) is 4.47. The third-order valence-corrected chi connectivity index (χ3v) is 1.90. The summed E-state index contributed by atoms with van der Waals surface area (Å²) in [5.41, 5.74) is 0.608. The quantitative estimate of drug-likeness (QED) is 0.692. The fraction of sp³-hybridized carbons (Fsp3) is 0.625. The number of aliphatic hydroxyl groups excluding tert-OH is 1. The van der Waals surface area contributed by atoms with E-state index in [4.69, 9.17) is 10.2 Å². The summed E-state index contributed by atoms with van der Waals surface area (Å²) < 4.78 is 1.53. The van der Waals surface area contributed by atoms with Gasteiger partial charge in [0.05, 0.1) is 5.69 Å². The van der Waals surface area contributed by atoms with E-state index in [0.29, 0.717) is 25.1 Å². The second kappa shape index (κ2) is 4.71. The van der Waals surface area contributed by atoms with Crippen molar-refractivity contribution in [2.75, 3.05) is 6.61 Å². The molecule has 0 amide bonds. The molecule has 0 bridgehead atoms. The van der Waals surface area contributed by atoms with Crippen LogP contribution in [0.2, 0.25) is 0 Å². The first kappa shape index (κ1) is 10.6. The van der Waals surface area contributed by atoms with Gasteiger partial charge in [0.15, 0.2) is 5.69 Å². The number of aliphatic hydroxyl groups is 1. The number of aromatic carboxylic acids is 1. The minimum atomic E-state index is -1.06. The van der Waals surface area contributed by atoms with Crippen LogP contribution in [0.4, 0.5) is 0 Å². The maximum atomic E-state index is 10.7. The van der Waals surface area contributed by atoms with Gasteiger partial charge in [0, 0.05) is 13.2 Å². The van der Waals surface area contributed by atoms with Gasteiger partial charge in [0.1, 0.15) is 0 Å². The average Bonchev–Trinajstić information content (AvgIpc) is 2.57. The maximum absolute atomic E-state index is 10.7. The third-order valence-electron chi connectivity index (χ3n) is 1.90. The van der Waals surface area contributed by atoms with Gasteiger partial charge in [-0.3, -0.25) is 0 Å². The van der Waals surface area contributed by atoms with E-state index < -0.39 is 5.97 Å². The van der Waals surface area contributed by atoms with Crippen LogP contribution in [0.3, 0.4) is 0 Å². The lowest BCUT2D eigenvalue weighted by Crippen LogP contribution is -2.08. The van der Waals surface area contributed by atoms with Crippen LogP contribution >= 0.6 is 0 Å². The Hall–Kier alpha value is -1.43. The summed E-state index contributed by atoms with van der Waals surface area (Å²) in [7, 11) is 0. The molecule has 0 fully saturated rings. The minimum absolute atomic E-state index is 0.00504. The molecule has 0 aliphatic heterocycles. The molecule has 1 aromatic rings. The molecule has 1 heterocycles. The molecule has 0 aliphatic carbocycles. The average molecular weight is 199 g/mol. The van der Waals surface area contributed by atoms with Gasteiger partial charge >= 0.3 is 5.97 Å². The van der Waals surface area contributed by atoms with E-state index in [1.165, 1.54) is 4.68 Å². The lowest BCUT2D eigenvalue weighted by atomic mass is 10.2. The summed E-state index contributed by atoms with van der Waals surface area (Å²) >= 11 is 0. The first-order chi connectivity index (χ1) is 6.70. The van der Waals surface area contributed by atoms with Crippen LogP contribution in [-0.4, -0.2) is 37.8 Å². The first-order valence-corrected chi connectivity index (χ1v) is 4.47. The summed E-state index contributed by atoms with van der Waals surface area (Å²) in [6.45, 7) is 2.41. The van der Waals surface area contributed by atoms with Gasteiger partial charge in [0.25, 0.3) is 0 Å². The molecule has 6 nitrogen and oxygen atoms in total. The van der Waals surface area contributed by atoms with Crippen molar-refractivity contribution in [3.8, 4) is 0 Å². The van der Waals surface area contributed by atoms with E-state index in [1.807, 2.05) is 6.92 Å². The van der Waals surface area contributed by atoms with Crippen molar-refractivity contribution in [1.29, 1.82) is 0 Å². The predicted molar refractivity (Wildman–Crippen MR) is 48.1 cm³/mol. The van der Waals surface area contributed by atoms with Crippen molar-refractivity contribution < 1.29 is 15.0 Å². The van der Waals surface area contributed by atoms with Gasteiger partial charge in [-0.25, -0.2) is 9.48 Å². The zero-order valence-electron chi connectivity index (χ0n) is 7.97. The van der Waals surface area contributed by atoms with E-state index in [1.54, 1.807) is 0 Å². The van der Waals surface area contributed by atoms with Crippen LogP contribution in [0.5, 0.6) is 0 Å². The summed E-state index contributed by atoms with van der Waals surface area (Å²) in [5, 5.41) is 24.7. The summed E-state index contributed by atoms with van der Waals surface area (Å²) in [5.74, 6) is -1.06. The van der Waals surface area contributed by atoms with Crippen molar-refractivity contribution >= 4 is 5.97 Å². The van der Waals surface area contributed by atoms with Crippen molar-refractivity contribution in [2.45, 2.75) is 26.3 Å². The molecule has 2 N–H and O–H groups in total. The van der Waals surface area contributed by atoms with Crippen molar-refractivity contribution in [2.24, 2.45) is 0 Å². The Balaban J connectivity index is 2.89. The lowest BCUT2D eigenvalue weighted by Gasteiger charge is -2.02. The van der Waals surface area contributed by atoms with Gasteiger partial charge < -0.3 is 10.2 Å². The monoisotopic (exact) mass is 199 g/mol. The highest BCUT2D eigenvalue weighted by Gasteiger charge is 2.16. The van der Waals surface area contributed by atoms with Crippen molar-refractivity contribution in [3.63, 3.8) is 0 Å². The largest absolute Gasteiger partial charge is 0.476 e. The lowest BCUT2D eigenvalue weighted by molar-refractivity contribution is 0.0689. The molecule has 1 rings (SSSR count). The van der Waals surface area contributed by atoms with Crippen LogP contribution in [0, 0.1) is 0 Å². The second-order valence-corrected chi connectivity index (χ2v) is 2.84. The van der Waals surface area contributed by atoms with Gasteiger partial charge in [0.2, 0.25) is 0 Å². The normalized spacial score (nSPS) is 10.4. The fourth-order valence-electron chi connectivity index (χ4n) is 1.25. The highest BCUT2D eigenvalue weighted by atomic mass is 16.4. The topological polar surface area (TPSA) is 88.2 Å². The van der Waals surface area contributed by atoms with E-state index in [2.05, 4.69) is 10.3 Å². The highest BCUT2D eigenvalue weighted by Crippen LogP contribution is 2.06. The molecule has 0 aromatic carbocycles. The Morgan fingerprint density at radius 1 is 1.57 bits per heavy atom. The van der Waals surface area contributed by atoms with Crippen molar-refractivity contribution in [3.05, 3.63) is 11.4 Å². The Morgan fingerprint density at radius 3 is 2.79 bits per heavy atom. The van der Waals surface area contributed by atoms with E-state index in [0.717, 1.165) is 0 Å². The van der Waals surface area contributed by atoms with Crippen LogP contribution in [0.1, 0.15) is 29.5 Å². The summed E-state index contributed by atoms with van der Waals surface area (Å²) in [6, 6.07) is 0. The summed E-state index contributed by atoms with van der Waals surface area (Å²) in [6.07, 6.45) is 1.12. The number of rotatable bonds is 5. The molecule has 1 aromatic heterocycles. The highest BCUT2D eigenvalue weighted by molar-refractivity contribution is 5.86. The molecule has 0 atom stereocenters. The Morgan fingerprint density at radius 2 is 2.29 bits per heavy atom. The van der Waals surface area contributed by atoms with Gasteiger partial charge in [-0.1, -0.05) is 12.1 Å². The number of hydrogen-bond acceptors (Lipinski definition) is 4. The van der Waals surface area contributed by atoms with E-state index in [9.17, 15) is 4.79 Å². The van der Waals surface area contributed by atoms with E-state index >= 15 is 0 Å². The zero-order valence-corrected chi connectivity index (χ0v) is 7.97. The number of aryl methyl sites for hydroxylation is 1. The molecule has 0 saturated heterocycles. The Bertz CT molecular complexity index is 322. The van der Waals surface area contributed by atoms with Crippen LogP contribution in [0.15, 0.2) is 0 Å². The molecule has 0 spiro atoms. The summed E-state index contributed by atoms with van der Waals surface area (Å²) in [4.78, 5) is 10.7. The van der Waals surface area contributed by atoms with Crippen LogP contribution in [-0.2, 0) is 13.0 Å². The number of carboxylic acid groups (broad SMARTS) is 1. The number of hydrogen-bond donors (Lipinski definition) is 2. The number of aromatic nitrogens is 3. The Kier molecular flexibility index (Phi) is 3.58. The van der Waals surface area contributed by atoms with E-state index in [-0.39, 0.29) is 12.3 Å². The molecule has 0 aliphatic rings. The van der Waals surface area contributed by atoms with Crippen LogP contribution in [0.25, 0.3) is 0 Å². The molecular formula is C8H13N3O3. The van der Waals surface area contributed by atoms with Crippen LogP contribution < -0.4 is 0 Å². The SMILES string of the molecule is CCc1c(C(=O)O)nnn1CCCO. The molecular weight excluding hydrogens is 186 g/mol. The van der Waals surface area contributed by atoms with Gasteiger partial charge in [-0.05, 0) is 12.8 Å². The standard InChI is InChI=1S/C8H13N3O3/c1-2-6-7(8(13)14)9-10-11(6)4-3-5-12/h12H,2-5H2,1H3,(H,13,14). The third kappa shape index (κ3) is 2.08. The molecule has 14 heavy (non-hydrogen) atoms. The molecule has 0 saturated carbocycles. The predicted octanol–water partition coefficient (Wildman–Crippen LogP) is -0.0789.